The lowest BCUT2D eigenvalue weighted by molar-refractivity contribution is 0.0670. The quantitative estimate of drug-likeness (QED) is 0.448. The number of ether oxygens (including phenoxy) is 1. The van der Waals surface area contributed by atoms with Gasteiger partial charge in [-0.2, -0.15) is 5.10 Å². The normalized spacial score (nSPS) is 16.3. The molecule has 9 heteroatoms. The lowest BCUT2D eigenvalue weighted by atomic mass is 10.1. The molecule has 0 saturated heterocycles. The molecule has 1 aliphatic heterocycles. The molecule has 1 aliphatic rings. The van der Waals surface area contributed by atoms with Gasteiger partial charge >= 0.3 is 0 Å². The van der Waals surface area contributed by atoms with Gasteiger partial charge in [-0.15, -0.1) is 10.2 Å². The third kappa shape index (κ3) is 4.32. The summed E-state index contributed by atoms with van der Waals surface area (Å²) in [5.74, 6) is 1.04. The number of nitrogens with one attached hydrogen (secondary N) is 1. The Morgan fingerprint density at radius 3 is 2.71 bits per heavy atom. The van der Waals surface area contributed by atoms with Gasteiger partial charge in [0, 0.05) is 16.9 Å². The van der Waals surface area contributed by atoms with Crippen molar-refractivity contribution in [2.45, 2.75) is 46.1 Å². The highest BCUT2D eigenvalue weighted by atomic mass is 19.1. The Bertz CT molecular complexity index is 1310. The predicted octanol–water partition coefficient (Wildman–Crippen LogP) is 4.14. The summed E-state index contributed by atoms with van der Waals surface area (Å²) in [5.41, 5.74) is 5.64. The fraction of sp³-hybridized carbons (Fsp3) is 0.320. The second-order valence-electron chi connectivity index (χ2n) is 8.75. The van der Waals surface area contributed by atoms with Crippen LogP contribution in [-0.2, 0) is 17.9 Å². The van der Waals surface area contributed by atoms with Crippen molar-refractivity contribution in [2.24, 2.45) is 0 Å². The average Bonchev–Trinajstić information content (AvgIpc) is 3.39. The molecule has 0 saturated carbocycles. The van der Waals surface area contributed by atoms with Crippen LogP contribution in [0.2, 0.25) is 0 Å². The van der Waals surface area contributed by atoms with Crippen molar-refractivity contribution < 1.29 is 14.2 Å². The van der Waals surface area contributed by atoms with Gasteiger partial charge in [-0.05, 0) is 56.2 Å². The summed E-state index contributed by atoms with van der Waals surface area (Å²) in [7, 11) is 0. The molecule has 0 fully saturated rings. The first-order chi connectivity index (χ1) is 16.4. The smallest absolute Gasteiger partial charge is 0.229 e. The van der Waals surface area contributed by atoms with Crippen LogP contribution in [0.1, 0.15) is 35.6 Å². The molecule has 0 amide bonds. The van der Waals surface area contributed by atoms with E-state index >= 15 is 0 Å². The molecule has 4 aromatic rings. The van der Waals surface area contributed by atoms with Crippen LogP contribution < -0.4 is 5.32 Å². The fourth-order valence-electron chi connectivity index (χ4n) is 4.22. The molecule has 0 radical (unpaired) electrons. The maximum atomic E-state index is 13.5. The summed E-state index contributed by atoms with van der Waals surface area (Å²) in [5, 5.41) is 26.5. The number of hydrogen-bond acceptors (Lipinski definition) is 6. The first-order valence-electron chi connectivity index (χ1n) is 11.3. The van der Waals surface area contributed by atoms with Crippen molar-refractivity contribution in [1.82, 2.24) is 24.5 Å². The van der Waals surface area contributed by atoms with Gasteiger partial charge in [0.1, 0.15) is 12.4 Å². The van der Waals surface area contributed by atoms with Gasteiger partial charge in [0.2, 0.25) is 5.95 Å². The van der Waals surface area contributed by atoms with Gasteiger partial charge in [0.05, 0.1) is 31.0 Å². The van der Waals surface area contributed by atoms with E-state index < -0.39 is 6.10 Å². The van der Waals surface area contributed by atoms with Crippen LogP contribution in [0.25, 0.3) is 11.3 Å². The maximum absolute atomic E-state index is 13.5. The van der Waals surface area contributed by atoms with E-state index in [0.29, 0.717) is 31.5 Å². The topological polar surface area (TPSA) is 90.0 Å². The molecule has 2 aromatic carbocycles. The summed E-state index contributed by atoms with van der Waals surface area (Å²) in [4.78, 5) is 0. The van der Waals surface area contributed by atoms with E-state index in [4.69, 9.17) is 4.74 Å². The number of aliphatic hydroxyl groups is 1. The molecule has 0 spiro atoms. The van der Waals surface area contributed by atoms with Crippen LogP contribution in [0, 0.1) is 19.7 Å². The zero-order valence-corrected chi connectivity index (χ0v) is 19.4. The summed E-state index contributed by atoms with van der Waals surface area (Å²) in [6, 6.07) is 14.4. The fourth-order valence-corrected chi connectivity index (χ4v) is 4.22. The highest BCUT2D eigenvalue weighted by Gasteiger charge is 2.27. The van der Waals surface area contributed by atoms with E-state index in [9.17, 15) is 9.50 Å². The molecule has 34 heavy (non-hydrogen) atoms. The molecule has 0 unspecified atom stereocenters. The molecule has 8 nitrogen and oxygen atoms in total. The number of aliphatic hydroxyl groups excluding tert-OH is 1. The molecule has 0 aliphatic carbocycles. The van der Waals surface area contributed by atoms with Crippen LogP contribution in [0.15, 0.2) is 48.5 Å². The number of benzene rings is 2. The van der Waals surface area contributed by atoms with E-state index in [1.807, 2.05) is 47.4 Å². The van der Waals surface area contributed by atoms with E-state index in [0.717, 1.165) is 33.8 Å². The van der Waals surface area contributed by atoms with E-state index in [1.54, 1.807) is 19.1 Å². The Labute approximate surface area is 197 Å². The van der Waals surface area contributed by atoms with Crippen molar-refractivity contribution >= 4 is 11.6 Å². The summed E-state index contributed by atoms with van der Waals surface area (Å²) in [6.07, 6.45) is -0.473. The SMILES string of the molecule is Cc1ccc(-c2cc(C)n(C[C@@H](C)O)n2)cc1Nc1nnc2n1[C@H](c1ccc(F)cc1)COC2. The van der Waals surface area contributed by atoms with Crippen LogP contribution in [0.4, 0.5) is 16.0 Å². The van der Waals surface area contributed by atoms with Crippen molar-refractivity contribution in [3.05, 3.63) is 77.0 Å². The Morgan fingerprint density at radius 1 is 1.15 bits per heavy atom. The van der Waals surface area contributed by atoms with Crippen molar-refractivity contribution in [3.8, 4) is 11.3 Å². The number of fused-ring (bicyclic) bond motifs is 1. The molecule has 2 aromatic heterocycles. The largest absolute Gasteiger partial charge is 0.391 e. The highest BCUT2D eigenvalue weighted by molar-refractivity contribution is 5.70. The minimum atomic E-state index is -0.473. The van der Waals surface area contributed by atoms with E-state index in [-0.39, 0.29) is 11.9 Å². The Morgan fingerprint density at radius 2 is 1.94 bits per heavy atom. The number of anilines is 2. The standard InChI is InChI=1S/C25H27FN6O2/c1-15-4-5-19(22-10-16(2)31(30-22)12-17(3)33)11-21(15)27-25-29-28-24-14-34-13-23(32(24)25)18-6-8-20(26)9-7-18/h4-11,17,23,33H,12-14H2,1-3H3,(H,27,29)/t17-,23+/m1/s1. The number of aromatic nitrogens is 5. The Kier molecular flexibility index (Phi) is 5.89. The average molecular weight is 463 g/mol. The highest BCUT2D eigenvalue weighted by Crippen LogP contribution is 2.32. The summed E-state index contributed by atoms with van der Waals surface area (Å²) in [6.45, 7) is 7.01. The minimum absolute atomic E-state index is 0.163. The number of halogens is 1. The van der Waals surface area contributed by atoms with Crippen molar-refractivity contribution in [3.63, 3.8) is 0 Å². The molecular weight excluding hydrogens is 435 g/mol. The third-order valence-corrected chi connectivity index (χ3v) is 6.04. The lowest BCUT2D eigenvalue weighted by Crippen LogP contribution is -2.25. The number of rotatable bonds is 6. The molecule has 5 rings (SSSR count). The zero-order chi connectivity index (χ0) is 23.8. The van der Waals surface area contributed by atoms with Crippen LogP contribution >= 0.6 is 0 Å². The monoisotopic (exact) mass is 462 g/mol. The van der Waals surface area contributed by atoms with Gasteiger partial charge in [-0.1, -0.05) is 24.3 Å². The second kappa shape index (κ2) is 9.00. The number of nitrogens with zero attached hydrogens (tertiary/aromatic N) is 5. The van der Waals surface area contributed by atoms with Crippen molar-refractivity contribution in [1.29, 1.82) is 0 Å². The number of aryl methyl sites for hydroxylation is 2. The molecule has 3 heterocycles. The van der Waals surface area contributed by atoms with E-state index in [2.05, 4.69) is 20.6 Å². The molecule has 0 bridgehead atoms. The molecule has 2 atom stereocenters. The van der Waals surface area contributed by atoms with Gasteiger partial charge in [-0.25, -0.2) is 4.39 Å². The molecular formula is C25H27FN6O2. The minimum Gasteiger partial charge on any atom is -0.391 e. The Balaban J connectivity index is 1.47. The lowest BCUT2D eigenvalue weighted by Gasteiger charge is -2.27. The van der Waals surface area contributed by atoms with Gasteiger partial charge < -0.3 is 15.2 Å². The maximum Gasteiger partial charge on any atom is 0.229 e. The molecule has 2 N–H and O–H groups in total. The summed E-state index contributed by atoms with van der Waals surface area (Å²) >= 11 is 0. The van der Waals surface area contributed by atoms with Crippen LogP contribution in [-0.4, -0.2) is 42.4 Å². The van der Waals surface area contributed by atoms with Crippen molar-refractivity contribution in [2.75, 3.05) is 11.9 Å². The third-order valence-electron chi connectivity index (χ3n) is 6.04. The van der Waals surface area contributed by atoms with Crippen LogP contribution in [0.5, 0.6) is 0 Å². The first-order valence-corrected chi connectivity index (χ1v) is 11.3. The summed E-state index contributed by atoms with van der Waals surface area (Å²) < 4.78 is 23.0. The second-order valence-corrected chi connectivity index (χ2v) is 8.75. The van der Waals surface area contributed by atoms with E-state index in [1.165, 1.54) is 12.1 Å². The first kappa shape index (κ1) is 22.2. The van der Waals surface area contributed by atoms with Crippen LogP contribution in [0.3, 0.4) is 0 Å². The zero-order valence-electron chi connectivity index (χ0n) is 19.4. The van der Waals surface area contributed by atoms with Gasteiger partial charge in [-0.3, -0.25) is 9.25 Å². The van der Waals surface area contributed by atoms with Gasteiger partial charge in [0.15, 0.2) is 5.82 Å². The predicted molar refractivity (Wildman–Crippen MR) is 126 cm³/mol. The Hall–Kier alpha value is -3.56. The molecule has 176 valence electrons. The van der Waals surface area contributed by atoms with Gasteiger partial charge in [0.25, 0.3) is 0 Å². The number of hydrogen-bond donors (Lipinski definition) is 2.